The van der Waals surface area contributed by atoms with Crippen molar-refractivity contribution >= 4 is 22.0 Å². The quantitative estimate of drug-likeness (QED) is 0.721. The van der Waals surface area contributed by atoms with Gasteiger partial charge in [0, 0.05) is 4.47 Å². The molecule has 0 saturated heterocycles. The van der Waals surface area contributed by atoms with E-state index in [1.165, 1.54) is 0 Å². The van der Waals surface area contributed by atoms with Gasteiger partial charge in [-0.05, 0) is 24.3 Å². The molecule has 1 amide bonds. The monoisotopic (exact) mass is 214 g/mol. The molecule has 11 heavy (non-hydrogen) atoms. The topological polar surface area (TPSA) is 50.1 Å². The molecule has 4 heteroatoms. The van der Waals surface area contributed by atoms with E-state index in [9.17, 15) is 4.79 Å². The third-order valence-corrected chi connectivity index (χ3v) is 1.55. The molecule has 0 spiro atoms. The Morgan fingerprint density at radius 1 is 1.36 bits per heavy atom. The minimum atomic E-state index is -1.05. The van der Waals surface area contributed by atoms with E-state index in [0.29, 0.717) is 5.75 Å². The van der Waals surface area contributed by atoms with Crippen LogP contribution in [0.15, 0.2) is 28.7 Å². The van der Waals surface area contributed by atoms with E-state index < -0.39 is 6.09 Å². The molecule has 0 bridgehead atoms. The number of benzene rings is 1. The Bertz CT molecular complexity index is 258. The van der Waals surface area contributed by atoms with E-state index >= 15 is 0 Å². The number of carbonyl (C=O) groups is 1. The highest BCUT2D eigenvalue weighted by Gasteiger charge is 1.97. The number of nitrogens with one attached hydrogen (secondary N) is 1. The maximum Gasteiger partial charge on any atom is 0.431 e. The molecular weight excluding hydrogens is 210 g/mol. The molecule has 57 valence electrons. The first-order chi connectivity index (χ1) is 5.18. The molecule has 0 unspecified atom stereocenters. The third kappa shape index (κ3) is 2.59. The molecule has 1 aromatic carbocycles. The fraction of sp³-hybridized carbons (Fsp3) is 0. The molecule has 1 rings (SSSR count). The van der Waals surface area contributed by atoms with Crippen LogP contribution in [0, 0.1) is 0 Å². The first-order valence-corrected chi connectivity index (χ1v) is 3.67. The molecule has 1 radical (unpaired) electrons. The fourth-order valence-electron chi connectivity index (χ4n) is 0.610. The Balaban J connectivity index is 2.74. The zero-order valence-electron chi connectivity index (χ0n) is 5.50. The first kappa shape index (κ1) is 8.07. The summed E-state index contributed by atoms with van der Waals surface area (Å²) >= 11 is 3.22. The van der Waals surface area contributed by atoms with Crippen LogP contribution in [0.1, 0.15) is 0 Å². The van der Waals surface area contributed by atoms with Gasteiger partial charge in [0.1, 0.15) is 5.75 Å². The van der Waals surface area contributed by atoms with Gasteiger partial charge in [0.15, 0.2) is 0 Å². The Morgan fingerprint density at radius 3 is 2.36 bits per heavy atom. The summed E-state index contributed by atoms with van der Waals surface area (Å²) < 4.78 is 5.38. The highest BCUT2D eigenvalue weighted by atomic mass is 79.9. The van der Waals surface area contributed by atoms with Gasteiger partial charge in [-0.2, -0.15) is 0 Å². The van der Waals surface area contributed by atoms with Gasteiger partial charge in [0.2, 0.25) is 0 Å². The van der Waals surface area contributed by atoms with Crippen LogP contribution in [0.2, 0.25) is 0 Å². The van der Waals surface area contributed by atoms with E-state index in [1.807, 2.05) is 0 Å². The number of hydrogen-bond donors (Lipinski definition) is 0. The predicted octanol–water partition coefficient (Wildman–Crippen LogP) is 2.23. The van der Waals surface area contributed by atoms with E-state index in [1.54, 1.807) is 24.3 Å². The molecule has 0 saturated carbocycles. The van der Waals surface area contributed by atoms with Gasteiger partial charge in [-0.1, -0.05) is 15.9 Å². The van der Waals surface area contributed by atoms with Crippen molar-refractivity contribution < 1.29 is 9.53 Å². The number of hydrogen-bond acceptors (Lipinski definition) is 2. The zero-order chi connectivity index (χ0) is 8.27. The lowest BCUT2D eigenvalue weighted by Gasteiger charge is -1.97. The number of halogens is 1. The summed E-state index contributed by atoms with van der Waals surface area (Å²) in [7, 11) is 0. The Labute approximate surface area is 72.3 Å². The molecule has 0 fully saturated rings. The van der Waals surface area contributed by atoms with Crippen LogP contribution in [0.4, 0.5) is 4.79 Å². The van der Waals surface area contributed by atoms with Crippen molar-refractivity contribution in [1.82, 2.24) is 5.73 Å². The first-order valence-electron chi connectivity index (χ1n) is 2.87. The standard InChI is InChI=1S/C7H5BrNO2/c8-5-1-3-6(4-2-5)11-7(9)10/h1-4,9H. The van der Waals surface area contributed by atoms with E-state index in [-0.39, 0.29) is 0 Å². The Kier molecular flexibility index (Phi) is 2.48. The zero-order valence-corrected chi connectivity index (χ0v) is 7.09. The maximum atomic E-state index is 10.1. The number of amides is 1. The van der Waals surface area contributed by atoms with Crippen LogP contribution in [0.3, 0.4) is 0 Å². The number of ether oxygens (including phenoxy) is 1. The fourth-order valence-corrected chi connectivity index (χ4v) is 0.874. The van der Waals surface area contributed by atoms with Gasteiger partial charge in [0.25, 0.3) is 0 Å². The molecular formula is C7H5BrNO2. The lowest BCUT2D eigenvalue weighted by Crippen LogP contribution is -2.04. The van der Waals surface area contributed by atoms with Crippen LogP contribution >= 0.6 is 15.9 Å². The Morgan fingerprint density at radius 2 is 1.91 bits per heavy atom. The second-order valence-electron chi connectivity index (χ2n) is 1.84. The maximum absolute atomic E-state index is 10.1. The number of carbonyl (C=O) groups excluding carboxylic acids is 1. The van der Waals surface area contributed by atoms with Crippen molar-refractivity contribution in [2.75, 3.05) is 0 Å². The normalized spacial score (nSPS) is 9.18. The van der Waals surface area contributed by atoms with Crippen molar-refractivity contribution in [3.8, 4) is 5.75 Å². The van der Waals surface area contributed by atoms with Gasteiger partial charge < -0.3 is 4.74 Å². The van der Waals surface area contributed by atoms with Crippen molar-refractivity contribution in [3.63, 3.8) is 0 Å². The van der Waals surface area contributed by atoms with Crippen LogP contribution < -0.4 is 10.5 Å². The molecule has 3 nitrogen and oxygen atoms in total. The SMILES string of the molecule is [NH]C(=O)Oc1ccc(Br)cc1. The largest absolute Gasteiger partial charge is 0.431 e. The third-order valence-electron chi connectivity index (χ3n) is 1.02. The van der Waals surface area contributed by atoms with Gasteiger partial charge in [-0.25, -0.2) is 10.5 Å². The summed E-state index contributed by atoms with van der Waals surface area (Å²) in [6.07, 6.45) is -1.05. The number of rotatable bonds is 1. The smallest absolute Gasteiger partial charge is 0.409 e. The predicted molar refractivity (Wildman–Crippen MR) is 43.3 cm³/mol. The van der Waals surface area contributed by atoms with Crippen molar-refractivity contribution in [2.24, 2.45) is 0 Å². The highest BCUT2D eigenvalue weighted by molar-refractivity contribution is 9.10. The lowest BCUT2D eigenvalue weighted by atomic mass is 10.3. The second-order valence-corrected chi connectivity index (χ2v) is 2.76. The van der Waals surface area contributed by atoms with Gasteiger partial charge in [-0.15, -0.1) is 0 Å². The van der Waals surface area contributed by atoms with E-state index in [0.717, 1.165) is 4.47 Å². The molecule has 0 aliphatic carbocycles. The Hall–Kier alpha value is -1.03. The van der Waals surface area contributed by atoms with E-state index in [4.69, 9.17) is 5.73 Å². The van der Waals surface area contributed by atoms with Gasteiger partial charge in [0.05, 0.1) is 0 Å². The molecule has 0 aromatic heterocycles. The van der Waals surface area contributed by atoms with E-state index in [2.05, 4.69) is 20.7 Å². The van der Waals surface area contributed by atoms with Crippen LogP contribution in [-0.4, -0.2) is 6.09 Å². The molecule has 0 atom stereocenters. The van der Waals surface area contributed by atoms with Gasteiger partial charge >= 0.3 is 6.09 Å². The molecule has 1 aromatic rings. The molecule has 0 heterocycles. The minimum Gasteiger partial charge on any atom is -0.409 e. The summed E-state index contributed by atoms with van der Waals surface area (Å²) in [5.41, 5.74) is 6.50. The lowest BCUT2D eigenvalue weighted by molar-refractivity contribution is 0.209. The van der Waals surface area contributed by atoms with Crippen LogP contribution in [-0.2, 0) is 0 Å². The minimum absolute atomic E-state index is 0.383. The molecule has 0 aliphatic heterocycles. The van der Waals surface area contributed by atoms with Crippen LogP contribution in [0.25, 0.3) is 0 Å². The van der Waals surface area contributed by atoms with Gasteiger partial charge in [-0.3, -0.25) is 0 Å². The molecule has 0 aliphatic rings. The summed E-state index contributed by atoms with van der Waals surface area (Å²) in [6, 6.07) is 6.68. The summed E-state index contributed by atoms with van der Waals surface area (Å²) in [5, 5.41) is 0. The summed E-state index contributed by atoms with van der Waals surface area (Å²) in [6.45, 7) is 0. The van der Waals surface area contributed by atoms with Crippen LogP contribution in [0.5, 0.6) is 5.75 Å². The van der Waals surface area contributed by atoms with Crippen molar-refractivity contribution in [1.29, 1.82) is 0 Å². The van der Waals surface area contributed by atoms with Crippen molar-refractivity contribution in [3.05, 3.63) is 28.7 Å². The summed E-state index contributed by atoms with van der Waals surface area (Å²) in [4.78, 5) is 10.1. The molecule has 1 N–H and O–H groups in total. The highest BCUT2D eigenvalue weighted by Crippen LogP contribution is 2.15. The summed E-state index contributed by atoms with van der Waals surface area (Å²) in [5.74, 6) is 0.383. The van der Waals surface area contributed by atoms with Crippen molar-refractivity contribution in [2.45, 2.75) is 0 Å². The second kappa shape index (κ2) is 3.39. The average Bonchev–Trinajstić information content (AvgIpc) is 1.93. The average molecular weight is 215 g/mol.